The highest BCUT2D eigenvalue weighted by molar-refractivity contribution is 6.26. The van der Waals surface area contributed by atoms with E-state index in [0.717, 1.165) is 5.56 Å². The first-order valence-electron chi connectivity index (χ1n) is 8.50. The fourth-order valence-electron chi connectivity index (χ4n) is 3.37. The molecule has 0 saturated heterocycles. The van der Waals surface area contributed by atoms with Gasteiger partial charge in [0.25, 0.3) is 5.91 Å². The van der Waals surface area contributed by atoms with Crippen molar-refractivity contribution in [2.75, 3.05) is 12.4 Å². The third kappa shape index (κ3) is 2.81. The van der Waals surface area contributed by atoms with Crippen LogP contribution < -0.4 is 10.1 Å². The highest BCUT2D eigenvalue weighted by Gasteiger charge is 2.30. The Morgan fingerprint density at radius 2 is 1.64 bits per heavy atom. The second kappa shape index (κ2) is 6.66. The van der Waals surface area contributed by atoms with E-state index < -0.39 is 11.9 Å². The number of fused-ring (bicyclic) bond motifs is 3. The minimum absolute atomic E-state index is 0.0172. The summed E-state index contributed by atoms with van der Waals surface area (Å²) >= 11 is 0. The van der Waals surface area contributed by atoms with Gasteiger partial charge in [-0.3, -0.25) is 9.59 Å². The second-order valence-electron chi connectivity index (χ2n) is 6.31. The summed E-state index contributed by atoms with van der Waals surface area (Å²) in [6.07, 6.45) is 0. The van der Waals surface area contributed by atoms with Crippen molar-refractivity contribution in [1.29, 1.82) is 0 Å². The number of carboxylic acids is 1. The van der Waals surface area contributed by atoms with Crippen molar-refractivity contribution in [2.45, 2.75) is 0 Å². The zero-order chi connectivity index (χ0) is 19.8. The molecular formula is C22H15NO5. The quantitative estimate of drug-likeness (QED) is 0.567. The number of rotatable bonds is 4. The number of carboxylic acid groups (broad SMARTS) is 1. The van der Waals surface area contributed by atoms with Gasteiger partial charge in [0.15, 0.2) is 5.78 Å². The van der Waals surface area contributed by atoms with Crippen LogP contribution in [0.5, 0.6) is 5.75 Å². The van der Waals surface area contributed by atoms with E-state index in [2.05, 4.69) is 5.32 Å². The van der Waals surface area contributed by atoms with E-state index in [4.69, 9.17) is 4.74 Å². The smallest absolute Gasteiger partial charge is 0.335 e. The van der Waals surface area contributed by atoms with E-state index in [1.807, 2.05) is 18.2 Å². The van der Waals surface area contributed by atoms with Crippen LogP contribution in [0.2, 0.25) is 0 Å². The molecule has 0 fully saturated rings. The number of aromatic carboxylic acids is 1. The van der Waals surface area contributed by atoms with E-state index in [1.54, 1.807) is 24.3 Å². The molecule has 6 nitrogen and oxygen atoms in total. The maximum absolute atomic E-state index is 12.9. The van der Waals surface area contributed by atoms with Gasteiger partial charge in [-0.25, -0.2) is 4.79 Å². The highest BCUT2D eigenvalue weighted by Crippen LogP contribution is 2.38. The second-order valence-corrected chi connectivity index (χ2v) is 6.31. The van der Waals surface area contributed by atoms with Gasteiger partial charge in [0, 0.05) is 22.9 Å². The molecule has 28 heavy (non-hydrogen) atoms. The molecule has 3 aromatic rings. The summed E-state index contributed by atoms with van der Waals surface area (Å²) in [5.74, 6) is -1.53. The molecule has 2 N–H and O–H groups in total. The highest BCUT2D eigenvalue weighted by atomic mass is 16.5. The first kappa shape index (κ1) is 17.5. The largest absolute Gasteiger partial charge is 0.497 e. The van der Waals surface area contributed by atoms with Crippen molar-refractivity contribution < 1.29 is 24.2 Å². The van der Waals surface area contributed by atoms with Gasteiger partial charge in [-0.15, -0.1) is 0 Å². The lowest BCUT2D eigenvalue weighted by Gasteiger charge is -2.11. The fourth-order valence-corrected chi connectivity index (χ4v) is 3.37. The van der Waals surface area contributed by atoms with Gasteiger partial charge in [-0.2, -0.15) is 0 Å². The van der Waals surface area contributed by atoms with Crippen LogP contribution in [0.4, 0.5) is 5.69 Å². The zero-order valence-corrected chi connectivity index (χ0v) is 14.9. The minimum Gasteiger partial charge on any atom is -0.497 e. The van der Waals surface area contributed by atoms with E-state index in [0.29, 0.717) is 22.4 Å². The summed E-state index contributed by atoms with van der Waals surface area (Å²) in [6, 6.07) is 16.5. The number of benzene rings is 3. The summed E-state index contributed by atoms with van der Waals surface area (Å²) in [4.78, 5) is 37.0. The van der Waals surface area contributed by atoms with Gasteiger partial charge in [0.05, 0.1) is 18.2 Å². The summed E-state index contributed by atoms with van der Waals surface area (Å²) in [5, 5.41) is 11.9. The number of carbonyl (C=O) groups is 3. The molecule has 0 atom stereocenters. The number of methoxy groups -OCH3 is 1. The van der Waals surface area contributed by atoms with Crippen molar-refractivity contribution in [1.82, 2.24) is 0 Å². The lowest BCUT2D eigenvalue weighted by atomic mass is 10.00. The molecule has 1 aliphatic rings. The third-order valence-corrected chi connectivity index (χ3v) is 4.65. The van der Waals surface area contributed by atoms with Crippen LogP contribution in [0.25, 0.3) is 11.1 Å². The standard InChI is InChI=1S/C22H15NO5/c1-28-14-10-12(22(26)27)9-13(11-14)23-21(25)18-8-4-7-16-15-5-2-3-6-17(15)20(24)19(16)18/h2-11H,1H3,(H,23,25)(H,26,27). The van der Waals surface area contributed by atoms with E-state index in [1.165, 1.54) is 25.3 Å². The van der Waals surface area contributed by atoms with Crippen LogP contribution in [0.3, 0.4) is 0 Å². The molecule has 0 heterocycles. The Hall–Kier alpha value is -3.93. The number of hydrogen-bond acceptors (Lipinski definition) is 4. The Labute approximate surface area is 160 Å². The molecule has 6 heteroatoms. The maximum Gasteiger partial charge on any atom is 0.335 e. The SMILES string of the molecule is COc1cc(NC(=O)c2cccc3c2C(=O)c2ccccc2-3)cc(C(=O)O)c1. The Morgan fingerprint density at radius 3 is 2.36 bits per heavy atom. The van der Waals surface area contributed by atoms with Gasteiger partial charge < -0.3 is 15.2 Å². The molecule has 4 rings (SSSR count). The molecule has 0 radical (unpaired) electrons. The molecule has 0 spiro atoms. The molecule has 3 aromatic carbocycles. The first-order chi connectivity index (χ1) is 13.5. The van der Waals surface area contributed by atoms with Crippen LogP contribution in [0, 0.1) is 0 Å². The Kier molecular flexibility index (Phi) is 4.16. The molecule has 1 aliphatic carbocycles. The predicted molar refractivity (Wildman–Crippen MR) is 103 cm³/mol. The van der Waals surface area contributed by atoms with E-state index >= 15 is 0 Å². The number of ketones is 1. The van der Waals surface area contributed by atoms with Gasteiger partial charge in [0.1, 0.15) is 5.75 Å². The molecule has 0 unspecified atom stereocenters. The molecule has 0 aliphatic heterocycles. The van der Waals surface area contributed by atoms with Gasteiger partial charge in [-0.1, -0.05) is 36.4 Å². The molecule has 0 aromatic heterocycles. The summed E-state index contributed by atoms with van der Waals surface area (Å²) in [7, 11) is 1.41. The molecule has 138 valence electrons. The summed E-state index contributed by atoms with van der Waals surface area (Å²) in [5.41, 5.74) is 2.91. The van der Waals surface area contributed by atoms with Gasteiger partial charge >= 0.3 is 5.97 Å². The number of ether oxygens (including phenoxy) is 1. The Bertz CT molecular complexity index is 1150. The summed E-state index contributed by atoms with van der Waals surface area (Å²) in [6.45, 7) is 0. The lowest BCUT2D eigenvalue weighted by molar-refractivity contribution is 0.0696. The van der Waals surface area contributed by atoms with E-state index in [9.17, 15) is 19.5 Å². The monoisotopic (exact) mass is 373 g/mol. The molecule has 0 bridgehead atoms. The zero-order valence-electron chi connectivity index (χ0n) is 14.9. The molecular weight excluding hydrogens is 358 g/mol. The Morgan fingerprint density at radius 1 is 0.929 bits per heavy atom. The molecule has 0 saturated carbocycles. The van der Waals surface area contributed by atoms with E-state index in [-0.39, 0.29) is 22.6 Å². The lowest BCUT2D eigenvalue weighted by Crippen LogP contribution is -2.16. The normalized spacial score (nSPS) is 11.5. The third-order valence-electron chi connectivity index (χ3n) is 4.65. The predicted octanol–water partition coefficient (Wildman–Crippen LogP) is 3.86. The van der Waals surface area contributed by atoms with Crippen molar-refractivity contribution >= 4 is 23.3 Å². The van der Waals surface area contributed by atoms with Crippen molar-refractivity contribution in [3.05, 3.63) is 82.9 Å². The average molecular weight is 373 g/mol. The van der Waals surface area contributed by atoms with Crippen molar-refractivity contribution in [2.24, 2.45) is 0 Å². The summed E-state index contributed by atoms with van der Waals surface area (Å²) < 4.78 is 5.10. The maximum atomic E-state index is 12.9. The number of amides is 1. The number of carbonyl (C=O) groups excluding carboxylic acids is 2. The van der Waals surface area contributed by atoms with Crippen LogP contribution >= 0.6 is 0 Å². The Balaban J connectivity index is 1.73. The van der Waals surface area contributed by atoms with Crippen molar-refractivity contribution in [3.63, 3.8) is 0 Å². The van der Waals surface area contributed by atoms with Crippen LogP contribution in [-0.4, -0.2) is 29.9 Å². The number of nitrogens with one attached hydrogen (secondary N) is 1. The number of hydrogen-bond donors (Lipinski definition) is 2. The molecule has 1 amide bonds. The van der Waals surface area contributed by atoms with Gasteiger partial charge in [-0.05, 0) is 29.3 Å². The fraction of sp³-hybridized carbons (Fsp3) is 0.0455. The van der Waals surface area contributed by atoms with Crippen LogP contribution in [-0.2, 0) is 0 Å². The number of anilines is 1. The minimum atomic E-state index is -1.14. The first-order valence-corrected chi connectivity index (χ1v) is 8.50. The van der Waals surface area contributed by atoms with Crippen LogP contribution in [0.1, 0.15) is 36.6 Å². The van der Waals surface area contributed by atoms with Crippen molar-refractivity contribution in [3.8, 4) is 16.9 Å². The van der Waals surface area contributed by atoms with Crippen LogP contribution in [0.15, 0.2) is 60.7 Å². The van der Waals surface area contributed by atoms with Gasteiger partial charge in [0.2, 0.25) is 0 Å². The topological polar surface area (TPSA) is 92.7 Å². The average Bonchev–Trinajstić information content (AvgIpc) is 3.00.